The maximum atomic E-state index is 12.5. The smallest absolute Gasteiger partial charge is 0.333 e. The summed E-state index contributed by atoms with van der Waals surface area (Å²) in [6.45, 7) is 6.62. The van der Waals surface area contributed by atoms with E-state index in [0.717, 1.165) is 35.2 Å². The van der Waals surface area contributed by atoms with Gasteiger partial charge in [-0.3, -0.25) is 4.90 Å². The Balaban J connectivity index is 1.98. The molecule has 0 spiro atoms. The molecule has 0 saturated heterocycles. The molecule has 6 nitrogen and oxygen atoms in total. The molecule has 2 amide bonds. The number of urea groups is 1. The van der Waals surface area contributed by atoms with Crippen LogP contribution in [0.2, 0.25) is 0 Å². The summed E-state index contributed by atoms with van der Waals surface area (Å²) in [7, 11) is 1.77. The van der Waals surface area contributed by atoms with Crippen LogP contribution in [-0.2, 0) is 16.0 Å². The van der Waals surface area contributed by atoms with Gasteiger partial charge in [0, 0.05) is 25.7 Å². The fraction of sp³-hybridized carbons (Fsp3) is 0.407. The number of benzene rings is 2. The number of carbonyl (C=O) groups excluding carboxylic acids is 1. The van der Waals surface area contributed by atoms with Gasteiger partial charge in [-0.15, -0.1) is 6.58 Å². The zero-order chi connectivity index (χ0) is 24.1. The van der Waals surface area contributed by atoms with Gasteiger partial charge in [-0.2, -0.15) is 0 Å². The molecule has 2 aromatic carbocycles. The van der Waals surface area contributed by atoms with Gasteiger partial charge in [0.2, 0.25) is 0 Å². The van der Waals surface area contributed by atoms with Gasteiger partial charge >= 0.3 is 12.0 Å². The molecule has 1 unspecified atom stereocenters. The van der Waals surface area contributed by atoms with E-state index in [9.17, 15) is 14.7 Å². The van der Waals surface area contributed by atoms with E-state index < -0.39 is 12.1 Å². The van der Waals surface area contributed by atoms with Crippen molar-refractivity contribution in [2.75, 3.05) is 25.1 Å². The highest BCUT2D eigenvalue weighted by atomic mass is 16.5. The molecule has 0 aromatic heterocycles. The van der Waals surface area contributed by atoms with Crippen molar-refractivity contribution in [3.8, 4) is 11.1 Å². The van der Waals surface area contributed by atoms with Crippen LogP contribution in [0.3, 0.4) is 0 Å². The van der Waals surface area contributed by atoms with E-state index in [0.29, 0.717) is 6.54 Å². The molecule has 6 heteroatoms. The molecule has 2 aromatic rings. The third kappa shape index (κ3) is 8.73. The Morgan fingerprint density at radius 2 is 1.82 bits per heavy atom. The predicted molar refractivity (Wildman–Crippen MR) is 134 cm³/mol. The summed E-state index contributed by atoms with van der Waals surface area (Å²) in [5.74, 6) is -0.990. The molecule has 0 radical (unpaired) electrons. The highest BCUT2D eigenvalue weighted by molar-refractivity contribution is 5.92. The summed E-state index contributed by atoms with van der Waals surface area (Å²) in [6, 6.07) is 15.4. The van der Waals surface area contributed by atoms with Crippen molar-refractivity contribution in [2.45, 2.75) is 51.6 Å². The molecule has 0 aliphatic carbocycles. The van der Waals surface area contributed by atoms with Crippen LogP contribution in [-0.4, -0.2) is 43.4 Å². The van der Waals surface area contributed by atoms with Gasteiger partial charge in [0.25, 0.3) is 0 Å². The average molecular weight is 453 g/mol. The fourth-order valence-corrected chi connectivity index (χ4v) is 3.50. The number of carbonyl (C=O) groups is 2. The number of hydrogen-bond acceptors (Lipinski definition) is 3. The van der Waals surface area contributed by atoms with Crippen LogP contribution >= 0.6 is 0 Å². The van der Waals surface area contributed by atoms with Crippen molar-refractivity contribution in [1.29, 1.82) is 0 Å². The Morgan fingerprint density at radius 1 is 1.09 bits per heavy atom. The molecular formula is C27H36N2O4. The van der Waals surface area contributed by atoms with Crippen LogP contribution in [0, 0.1) is 0 Å². The Bertz CT molecular complexity index is 895. The first-order valence-corrected chi connectivity index (χ1v) is 11.6. The number of nitrogens with zero attached hydrogens (tertiary/aromatic N) is 1. The van der Waals surface area contributed by atoms with Crippen molar-refractivity contribution in [2.24, 2.45) is 0 Å². The molecule has 0 bridgehead atoms. The number of amides is 2. The number of hydrogen-bond donors (Lipinski definition) is 2. The van der Waals surface area contributed by atoms with Gasteiger partial charge in [-0.05, 0) is 35.2 Å². The molecule has 0 aliphatic rings. The first-order chi connectivity index (χ1) is 16.0. The van der Waals surface area contributed by atoms with Crippen molar-refractivity contribution in [1.82, 2.24) is 5.32 Å². The van der Waals surface area contributed by atoms with Gasteiger partial charge in [0.1, 0.15) is 0 Å². The quantitative estimate of drug-likeness (QED) is 0.286. The van der Waals surface area contributed by atoms with E-state index in [1.54, 1.807) is 11.9 Å². The number of ether oxygens (including phenoxy) is 1. The SMILES string of the molecule is C=CCOC(Cc1ccc(-c2cccc(N(C)C(=O)NCCCCCCC)c2)cc1)C(=O)O. The monoisotopic (exact) mass is 452 g/mol. The predicted octanol–water partition coefficient (Wildman–Crippen LogP) is 5.67. The van der Waals surface area contributed by atoms with Crippen LogP contribution in [0.25, 0.3) is 11.1 Å². The second-order valence-electron chi connectivity index (χ2n) is 8.11. The lowest BCUT2D eigenvalue weighted by Gasteiger charge is -2.19. The summed E-state index contributed by atoms with van der Waals surface area (Å²) < 4.78 is 5.33. The maximum absolute atomic E-state index is 12.5. The second kappa shape index (κ2) is 14.1. The lowest BCUT2D eigenvalue weighted by Crippen LogP contribution is -2.37. The molecule has 33 heavy (non-hydrogen) atoms. The number of unbranched alkanes of at least 4 members (excludes halogenated alkanes) is 4. The highest BCUT2D eigenvalue weighted by Crippen LogP contribution is 2.25. The van der Waals surface area contributed by atoms with Gasteiger partial charge in [-0.25, -0.2) is 9.59 Å². The van der Waals surface area contributed by atoms with Crippen molar-refractivity contribution in [3.63, 3.8) is 0 Å². The van der Waals surface area contributed by atoms with E-state index in [-0.39, 0.29) is 19.1 Å². The van der Waals surface area contributed by atoms with E-state index in [1.807, 2.05) is 48.5 Å². The summed E-state index contributed by atoms with van der Waals surface area (Å²) in [4.78, 5) is 25.5. The van der Waals surface area contributed by atoms with E-state index in [4.69, 9.17) is 4.74 Å². The molecule has 0 saturated carbocycles. The lowest BCUT2D eigenvalue weighted by atomic mass is 10.0. The number of aliphatic carboxylic acids is 1. The summed E-state index contributed by atoms with van der Waals surface area (Å²) in [6.07, 6.45) is 6.70. The Kier molecular flexibility index (Phi) is 11.2. The average Bonchev–Trinajstić information content (AvgIpc) is 2.83. The summed E-state index contributed by atoms with van der Waals surface area (Å²) in [5, 5.41) is 12.3. The standard InChI is InChI=1S/C27H36N2O4/c1-4-6-7-8-9-17-28-27(32)29(3)24-12-10-11-23(20-24)22-15-13-21(14-16-22)19-25(26(30)31)33-18-5-2/h5,10-16,20,25H,2,4,6-9,17-19H2,1,3H3,(H,28,32)(H,30,31). The van der Waals surface area contributed by atoms with Crippen LogP contribution in [0.4, 0.5) is 10.5 Å². The van der Waals surface area contributed by atoms with Crippen LogP contribution in [0.15, 0.2) is 61.2 Å². The van der Waals surface area contributed by atoms with Gasteiger partial charge in [0.05, 0.1) is 6.61 Å². The normalized spacial score (nSPS) is 11.6. The molecular weight excluding hydrogens is 416 g/mol. The van der Waals surface area contributed by atoms with Gasteiger partial charge < -0.3 is 15.2 Å². The topological polar surface area (TPSA) is 78.9 Å². The Labute approximate surface area is 197 Å². The third-order valence-electron chi connectivity index (χ3n) is 5.49. The minimum absolute atomic E-state index is 0.114. The largest absolute Gasteiger partial charge is 0.479 e. The number of nitrogens with one attached hydrogen (secondary N) is 1. The van der Waals surface area contributed by atoms with Crippen LogP contribution < -0.4 is 10.2 Å². The number of anilines is 1. The third-order valence-corrected chi connectivity index (χ3v) is 5.49. The number of rotatable bonds is 14. The molecule has 0 fully saturated rings. The van der Waals surface area contributed by atoms with E-state index in [2.05, 4.69) is 18.8 Å². The van der Waals surface area contributed by atoms with Crippen LogP contribution in [0.5, 0.6) is 0 Å². The van der Waals surface area contributed by atoms with E-state index >= 15 is 0 Å². The zero-order valence-electron chi connectivity index (χ0n) is 19.8. The zero-order valence-corrected chi connectivity index (χ0v) is 19.8. The van der Waals surface area contributed by atoms with Crippen molar-refractivity contribution < 1.29 is 19.4 Å². The molecule has 0 heterocycles. The number of carboxylic acid groups (broad SMARTS) is 1. The minimum Gasteiger partial charge on any atom is -0.479 e. The molecule has 2 rings (SSSR count). The van der Waals surface area contributed by atoms with Gasteiger partial charge in [0.15, 0.2) is 6.10 Å². The fourth-order valence-electron chi connectivity index (χ4n) is 3.50. The molecule has 1 atom stereocenters. The van der Waals surface area contributed by atoms with Crippen LogP contribution in [0.1, 0.15) is 44.6 Å². The van der Waals surface area contributed by atoms with Crippen molar-refractivity contribution >= 4 is 17.7 Å². The molecule has 178 valence electrons. The first kappa shape index (κ1) is 26.1. The number of carboxylic acids is 1. The maximum Gasteiger partial charge on any atom is 0.333 e. The molecule has 0 aliphatic heterocycles. The highest BCUT2D eigenvalue weighted by Gasteiger charge is 2.18. The summed E-state index contributed by atoms with van der Waals surface area (Å²) in [5.41, 5.74) is 3.66. The van der Waals surface area contributed by atoms with Gasteiger partial charge in [-0.1, -0.05) is 75.1 Å². The Morgan fingerprint density at radius 3 is 2.48 bits per heavy atom. The summed E-state index contributed by atoms with van der Waals surface area (Å²) >= 11 is 0. The van der Waals surface area contributed by atoms with Crippen molar-refractivity contribution in [3.05, 3.63) is 66.7 Å². The minimum atomic E-state index is -0.990. The first-order valence-electron chi connectivity index (χ1n) is 11.6. The Hall–Kier alpha value is -3.12. The second-order valence-corrected chi connectivity index (χ2v) is 8.11. The molecule has 2 N–H and O–H groups in total. The lowest BCUT2D eigenvalue weighted by molar-refractivity contribution is -0.149. The van der Waals surface area contributed by atoms with E-state index in [1.165, 1.54) is 25.3 Å².